The van der Waals surface area contributed by atoms with E-state index in [1.165, 1.54) is 14.2 Å². The number of fused-ring (bicyclic) bond motifs is 7. The molecule has 1 aliphatic carbocycles. The van der Waals surface area contributed by atoms with E-state index in [1.54, 1.807) is 7.11 Å². The predicted octanol–water partition coefficient (Wildman–Crippen LogP) is 3.88. The molecule has 1 saturated carbocycles. The Morgan fingerprint density at radius 3 is 2.47 bits per heavy atom. The molecule has 2 aromatic carbocycles. The molecular weight excluding hydrogens is 725 g/mol. The lowest BCUT2D eigenvalue weighted by Crippen LogP contribution is -2.81. The second-order valence-electron chi connectivity index (χ2n) is 17.9. The van der Waals surface area contributed by atoms with Crippen LogP contribution in [0.15, 0.2) is 48.6 Å². The smallest absolute Gasteiger partial charge is 0.342 e. The lowest BCUT2D eigenvalue weighted by molar-refractivity contribution is -0.230. The quantitative estimate of drug-likeness (QED) is 0.214. The van der Waals surface area contributed by atoms with Gasteiger partial charge in [0.15, 0.2) is 0 Å². The minimum atomic E-state index is -2.24. The number of aliphatic hydroxyl groups is 3. The summed E-state index contributed by atoms with van der Waals surface area (Å²) in [5.41, 5.74) is -0.108. The molecule has 306 valence electrons. The number of hydrogen-bond acceptors (Lipinski definition) is 11. The predicted molar refractivity (Wildman–Crippen MR) is 215 cm³/mol. The molecule has 6 heterocycles. The van der Waals surface area contributed by atoms with Gasteiger partial charge in [0, 0.05) is 84.5 Å². The number of nitrogens with zero attached hydrogens (tertiary/aromatic N) is 3. The third kappa shape index (κ3) is 5.16. The van der Waals surface area contributed by atoms with Crippen LogP contribution in [-0.4, -0.2) is 133 Å². The highest BCUT2D eigenvalue weighted by atomic mass is 16.5. The summed E-state index contributed by atoms with van der Waals surface area (Å²) in [6, 6.07) is 11.3. The number of aromatic amines is 1. The van der Waals surface area contributed by atoms with Gasteiger partial charge in [-0.05, 0) is 80.2 Å². The van der Waals surface area contributed by atoms with Crippen LogP contribution >= 0.6 is 0 Å². The molecule has 12 heteroatoms. The average molecular weight is 783 g/mol. The second kappa shape index (κ2) is 13.6. The molecule has 6 unspecified atom stereocenters. The molecule has 4 N–H and O–H groups in total. The van der Waals surface area contributed by atoms with Gasteiger partial charge in [0.2, 0.25) is 5.60 Å². The number of piperidine rings is 2. The van der Waals surface area contributed by atoms with Crippen LogP contribution in [-0.2, 0) is 30.9 Å². The topological polar surface area (TPSA) is 148 Å². The van der Waals surface area contributed by atoms with Gasteiger partial charge in [-0.3, -0.25) is 14.6 Å². The Kier molecular flexibility index (Phi) is 9.17. The van der Waals surface area contributed by atoms with Crippen molar-refractivity contribution in [1.82, 2.24) is 14.8 Å². The van der Waals surface area contributed by atoms with E-state index in [4.69, 9.17) is 14.2 Å². The standard InChI is InChI=1S/C45H58N4O8/c1-7-42(53)22-26-23-44(40(51)56-5,36-29(14-18-48(24-26)25-42)27-12-9-10-13-32(27)46-36)31-20-30-28-15-19-49-17-11-16-43(8-2)37(49)35(28)38(45(54,39(43)50)41(52)57-6)47(3)33(30)21-34(31)55-4/h9-13,16,20-21,26,28,35,37-39,46,50,53-54H,7-8,14-15,17-19,22-25H2,1-6H3/t26?,28?,35-,37?,38?,39+,42?,43+,44-,45-/m0/s1. The minimum Gasteiger partial charge on any atom is -0.496 e. The van der Waals surface area contributed by atoms with Gasteiger partial charge in [-0.2, -0.15) is 0 Å². The number of rotatable bonds is 6. The first kappa shape index (κ1) is 38.6. The Hall–Kier alpha value is -3.94. The number of nitrogens with one attached hydrogen (secondary N) is 1. The fourth-order valence-corrected chi connectivity index (χ4v) is 13.1. The van der Waals surface area contributed by atoms with E-state index in [1.807, 2.05) is 50.1 Å². The van der Waals surface area contributed by atoms with Gasteiger partial charge in [-0.1, -0.05) is 44.2 Å². The summed E-state index contributed by atoms with van der Waals surface area (Å²) in [5, 5.41) is 38.1. The first-order valence-corrected chi connectivity index (χ1v) is 20.8. The fourth-order valence-electron chi connectivity index (χ4n) is 13.1. The van der Waals surface area contributed by atoms with E-state index in [2.05, 4.69) is 39.1 Å². The molecule has 57 heavy (non-hydrogen) atoms. The lowest BCUT2D eigenvalue weighted by Gasteiger charge is -2.68. The molecule has 5 aliphatic heterocycles. The van der Waals surface area contributed by atoms with E-state index in [9.17, 15) is 20.1 Å². The van der Waals surface area contributed by atoms with Gasteiger partial charge >= 0.3 is 11.9 Å². The first-order chi connectivity index (χ1) is 27.3. The maximum atomic E-state index is 15.2. The zero-order valence-corrected chi connectivity index (χ0v) is 34.1. The number of ether oxygens (including phenoxy) is 3. The van der Waals surface area contributed by atoms with Crippen molar-refractivity contribution in [1.29, 1.82) is 0 Å². The van der Waals surface area contributed by atoms with Crippen molar-refractivity contribution in [2.45, 2.75) is 93.1 Å². The number of carbonyl (C=O) groups is 2. The van der Waals surface area contributed by atoms with Crippen molar-refractivity contribution in [3.8, 4) is 5.75 Å². The number of anilines is 1. The number of aliphatic hydroxyl groups excluding tert-OH is 1. The van der Waals surface area contributed by atoms with Crippen molar-refractivity contribution in [3.05, 3.63) is 70.9 Å². The van der Waals surface area contributed by atoms with E-state index >= 15 is 4.79 Å². The monoisotopic (exact) mass is 782 g/mol. The van der Waals surface area contributed by atoms with Crippen molar-refractivity contribution >= 4 is 28.5 Å². The van der Waals surface area contributed by atoms with Crippen molar-refractivity contribution < 1.29 is 39.1 Å². The van der Waals surface area contributed by atoms with Crippen LogP contribution in [0, 0.1) is 17.3 Å². The number of likely N-dealkylation sites (N-methyl/N-ethyl adjacent to an activating group) is 1. The van der Waals surface area contributed by atoms with E-state index in [-0.39, 0.29) is 23.8 Å². The first-order valence-electron chi connectivity index (χ1n) is 20.8. The van der Waals surface area contributed by atoms with E-state index < -0.39 is 46.1 Å². The highest BCUT2D eigenvalue weighted by molar-refractivity contribution is 5.94. The van der Waals surface area contributed by atoms with Crippen LogP contribution in [0.4, 0.5) is 5.69 Å². The maximum Gasteiger partial charge on any atom is 0.342 e. The van der Waals surface area contributed by atoms with Crippen LogP contribution < -0.4 is 9.64 Å². The molecule has 3 fully saturated rings. The summed E-state index contributed by atoms with van der Waals surface area (Å²) in [6.45, 7) is 7.59. The van der Waals surface area contributed by atoms with Gasteiger partial charge in [0.25, 0.3) is 0 Å². The molecule has 2 saturated heterocycles. The number of benzene rings is 2. The fraction of sp³-hybridized carbons (Fsp3) is 0.600. The Morgan fingerprint density at radius 2 is 1.75 bits per heavy atom. The third-order valence-electron chi connectivity index (χ3n) is 15.5. The largest absolute Gasteiger partial charge is 0.496 e. The molecule has 12 nitrogen and oxygen atoms in total. The zero-order valence-electron chi connectivity index (χ0n) is 34.1. The number of para-hydroxylation sites is 1. The molecular formula is C45H58N4O8. The molecule has 1 aromatic heterocycles. The third-order valence-corrected chi connectivity index (χ3v) is 15.5. The lowest BCUT2D eigenvalue weighted by atomic mass is 9.48. The summed E-state index contributed by atoms with van der Waals surface area (Å²) in [7, 11) is 6.21. The maximum absolute atomic E-state index is 15.2. The molecule has 9 rings (SSSR count). The molecule has 0 amide bonds. The van der Waals surface area contributed by atoms with Gasteiger partial charge in [0.05, 0.1) is 33.0 Å². The molecule has 11 atom stereocenters. The minimum absolute atomic E-state index is 0.0507. The summed E-state index contributed by atoms with van der Waals surface area (Å²) in [4.78, 5) is 39.6. The van der Waals surface area contributed by atoms with Crippen molar-refractivity contribution in [2.75, 3.05) is 66.0 Å². The Morgan fingerprint density at radius 1 is 0.982 bits per heavy atom. The van der Waals surface area contributed by atoms with Crippen LogP contribution in [0.25, 0.3) is 10.9 Å². The normalized spacial score (nSPS) is 38.2. The number of carbonyl (C=O) groups excluding carboxylic acids is 2. The Balaban J connectivity index is 1.31. The van der Waals surface area contributed by atoms with E-state index in [0.717, 1.165) is 59.5 Å². The SMILES string of the molecule is CCC1(O)CC2CN(CCc3c([nH]c4ccccc34)[C@@](C(=O)OC)(c3cc4c(cc3OC)N(C)C3[C@H]5C4CCN4CC=C[C@](CC)(C54)[C@@H](O)[C@]3(O)C(=O)OC)C2)C1. The highest BCUT2D eigenvalue weighted by Gasteiger charge is 2.73. The number of methoxy groups -OCH3 is 3. The molecule has 3 aromatic rings. The van der Waals surface area contributed by atoms with Gasteiger partial charge < -0.3 is 39.4 Å². The van der Waals surface area contributed by atoms with Gasteiger partial charge in [0.1, 0.15) is 17.3 Å². The summed E-state index contributed by atoms with van der Waals surface area (Å²) in [5.74, 6) is -1.24. The number of hydrogen-bond donors (Lipinski definition) is 4. The second-order valence-corrected chi connectivity index (χ2v) is 17.9. The van der Waals surface area contributed by atoms with E-state index in [0.29, 0.717) is 56.5 Å². The van der Waals surface area contributed by atoms with Crippen LogP contribution in [0.1, 0.15) is 74.3 Å². The van der Waals surface area contributed by atoms with Crippen molar-refractivity contribution in [3.63, 3.8) is 0 Å². The Labute approximate surface area is 334 Å². The van der Waals surface area contributed by atoms with Crippen LogP contribution in [0.5, 0.6) is 5.75 Å². The number of H-pyrrole nitrogens is 1. The van der Waals surface area contributed by atoms with Crippen LogP contribution in [0.2, 0.25) is 0 Å². The molecule has 6 aliphatic rings. The molecule has 2 bridgehead atoms. The summed E-state index contributed by atoms with van der Waals surface area (Å²) >= 11 is 0. The highest BCUT2D eigenvalue weighted by Crippen LogP contribution is 2.63. The van der Waals surface area contributed by atoms with Gasteiger partial charge in [-0.25, -0.2) is 4.79 Å². The summed E-state index contributed by atoms with van der Waals surface area (Å²) in [6.07, 6.45) is 6.15. The zero-order chi connectivity index (χ0) is 40.2. The molecule has 0 radical (unpaired) electrons. The average Bonchev–Trinajstić information content (AvgIpc) is 3.62. The number of aromatic nitrogens is 1. The van der Waals surface area contributed by atoms with Crippen LogP contribution in [0.3, 0.4) is 0 Å². The van der Waals surface area contributed by atoms with Gasteiger partial charge in [-0.15, -0.1) is 0 Å². The number of esters is 2. The van der Waals surface area contributed by atoms with Crippen molar-refractivity contribution in [2.24, 2.45) is 17.3 Å². The Bertz CT molecular complexity index is 2140. The summed E-state index contributed by atoms with van der Waals surface area (Å²) < 4.78 is 17.6. The molecule has 0 spiro atoms.